The number of carbonyl (C=O) groups excluding carboxylic acids is 1. The number of benzene rings is 1. The third-order valence-corrected chi connectivity index (χ3v) is 6.12. The first-order chi connectivity index (χ1) is 13.3. The second kappa shape index (κ2) is 10.7. The largest absolute Gasteiger partial charge is 0.484 e. The van der Waals surface area contributed by atoms with Crippen LogP contribution in [0.5, 0.6) is 5.75 Å². The molecule has 0 N–H and O–H groups in total. The lowest BCUT2D eigenvalue weighted by atomic mass is 9.99. The summed E-state index contributed by atoms with van der Waals surface area (Å²) in [6.45, 7) is 6.79. The lowest BCUT2D eigenvalue weighted by Gasteiger charge is -2.37. The molecule has 2 aliphatic rings. The van der Waals surface area contributed by atoms with Gasteiger partial charge in [0.2, 0.25) is 0 Å². The van der Waals surface area contributed by atoms with E-state index < -0.39 is 0 Å². The van der Waals surface area contributed by atoms with Crippen molar-refractivity contribution in [1.82, 2.24) is 9.80 Å². The maximum Gasteiger partial charge on any atom is 0.260 e. The molecule has 0 bridgehead atoms. The minimum absolute atomic E-state index is 0.148. The zero-order chi connectivity index (χ0) is 18.9. The highest BCUT2D eigenvalue weighted by Crippen LogP contribution is 2.22. The van der Waals surface area contributed by atoms with Gasteiger partial charge in [0.15, 0.2) is 6.61 Å². The van der Waals surface area contributed by atoms with E-state index >= 15 is 0 Å². The van der Waals surface area contributed by atoms with Gasteiger partial charge in [-0.2, -0.15) is 0 Å². The highest BCUT2D eigenvalue weighted by Gasteiger charge is 2.27. The summed E-state index contributed by atoms with van der Waals surface area (Å²) in [5.41, 5.74) is 1.29. The number of piperidine rings is 1. The van der Waals surface area contributed by atoms with Crippen molar-refractivity contribution in [3.05, 3.63) is 29.8 Å². The van der Waals surface area contributed by atoms with Gasteiger partial charge >= 0.3 is 0 Å². The summed E-state index contributed by atoms with van der Waals surface area (Å²) in [5.74, 6) is 0.939. The molecular weight excluding hydrogens is 336 g/mol. The molecule has 0 radical (unpaired) electrons. The van der Waals surface area contributed by atoms with Crippen LogP contribution >= 0.6 is 0 Å². The molecule has 1 atom stereocenters. The molecule has 2 heterocycles. The Morgan fingerprint density at radius 3 is 2.41 bits per heavy atom. The highest BCUT2D eigenvalue weighted by atomic mass is 16.5. The number of ether oxygens (including phenoxy) is 1. The maximum atomic E-state index is 12.8. The van der Waals surface area contributed by atoms with Crippen molar-refractivity contribution in [2.45, 2.75) is 70.8 Å². The van der Waals surface area contributed by atoms with Crippen molar-refractivity contribution in [3.63, 3.8) is 0 Å². The molecule has 3 rings (SSSR count). The number of hydrogen-bond acceptors (Lipinski definition) is 3. The third kappa shape index (κ3) is 6.24. The van der Waals surface area contributed by atoms with Crippen LogP contribution in [0.1, 0.15) is 63.9 Å². The fraction of sp³-hybridized carbons (Fsp3) is 0.696. The van der Waals surface area contributed by atoms with Crippen LogP contribution < -0.4 is 4.74 Å². The van der Waals surface area contributed by atoms with E-state index in [4.69, 9.17) is 4.74 Å². The van der Waals surface area contributed by atoms with E-state index in [1.807, 2.05) is 12.1 Å². The molecule has 1 aromatic rings. The number of aryl methyl sites for hydroxylation is 1. The van der Waals surface area contributed by atoms with Crippen molar-refractivity contribution in [3.8, 4) is 5.75 Å². The number of likely N-dealkylation sites (tertiary alicyclic amines) is 2. The van der Waals surface area contributed by atoms with Crippen LogP contribution in [0.3, 0.4) is 0 Å². The number of carbonyl (C=O) groups is 1. The van der Waals surface area contributed by atoms with Gasteiger partial charge in [0, 0.05) is 19.1 Å². The molecule has 1 aromatic carbocycles. The molecule has 0 spiro atoms. The van der Waals surface area contributed by atoms with Crippen molar-refractivity contribution in [2.75, 3.05) is 32.8 Å². The number of amides is 1. The Bertz CT molecular complexity index is 564. The first-order valence-electron chi connectivity index (χ1n) is 11.0. The fourth-order valence-electron chi connectivity index (χ4n) is 4.37. The van der Waals surface area contributed by atoms with Crippen LogP contribution in [0.25, 0.3) is 0 Å². The Morgan fingerprint density at radius 1 is 1.00 bits per heavy atom. The summed E-state index contributed by atoms with van der Waals surface area (Å²) < 4.78 is 5.78. The maximum absolute atomic E-state index is 12.8. The van der Waals surface area contributed by atoms with E-state index in [9.17, 15) is 4.79 Å². The Morgan fingerprint density at radius 2 is 1.70 bits per heavy atom. The van der Waals surface area contributed by atoms with Gasteiger partial charge in [-0.3, -0.25) is 4.79 Å². The second-order valence-corrected chi connectivity index (χ2v) is 8.07. The fourth-order valence-corrected chi connectivity index (χ4v) is 4.37. The van der Waals surface area contributed by atoms with Crippen LogP contribution in [-0.2, 0) is 11.2 Å². The van der Waals surface area contributed by atoms with Gasteiger partial charge in [-0.15, -0.1) is 0 Å². The zero-order valence-electron chi connectivity index (χ0n) is 17.0. The van der Waals surface area contributed by atoms with Crippen LogP contribution in [-0.4, -0.2) is 54.5 Å². The van der Waals surface area contributed by atoms with Crippen molar-refractivity contribution in [1.29, 1.82) is 0 Å². The van der Waals surface area contributed by atoms with Gasteiger partial charge in [-0.25, -0.2) is 0 Å². The van der Waals surface area contributed by atoms with Gasteiger partial charge < -0.3 is 14.5 Å². The molecule has 4 heteroatoms. The zero-order valence-corrected chi connectivity index (χ0v) is 17.0. The molecule has 0 unspecified atom stereocenters. The summed E-state index contributed by atoms with van der Waals surface area (Å²) in [6, 6.07) is 8.48. The molecule has 4 nitrogen and oxygen atoms in total. The molecule has 2 saturated heterocycles. The lowest BCUT2D eigenvalue weighted by Crippen LogP contribution is -2.47. The predicted octanol–water partition coefficient (Wildman–Crippen LogP) is 4.28. The summed E-state index contributed by atoms with van der Waals surface area (Å²) in [7, 11) is 0. The highest BCUT2D eigenvalue weighted by molar-refractivity contribution is 5.78. The van der Waals surface area contributed by atoms with E-state index in [-0.39, 0.29) is 12.5 Å². The van der Waals surface area contributed by atoms with Crippen LogP contribution in [0, 0.1) is 0 Å². The van der Waals surface area contributed by atoms with Gasteiger partial charge in [-0.1, -0.05) is 31.9 Å². The van der Waals surface area contributed by atoms with E-state index in [2.05, 4.69) is 28.9 Å². The molecule has 150 valence electrons. The first-order valence-corrected chi connectivity index (χ1v) is 11.0. The molecule has 1 amide bonds. The van der Waals surface area contributed by atoms with Gasteiger partial charge in [0.25, 0.3) is 5.91 Å². The van der Waals surface area contributed by atoms with E-state index in [0.717, 1.165) is 44.5 Å². The van der Waals surface area contributed by atoms with Crippen molar-refractivity contribution in [2.24, 2.45) is 0 Å². The van der Waals surface area contributed by atoms with Crippen molar-refractivity contribution < 1.29 is 9.53 Å². The summed E-state index contributed by atoms with van der Waals surface area (Å²) in [6.07, 6.45) is 11.1. The van der Waals surface area contributed by atoms with E-state index in [1.54, 1.807) is 0 Å². The molecule has 0 aliphatic carbocycles. The Balaban J connectivity index is 1.48. The minimum atomic E-state index is 0.148. The molecule has 0 saturated carbocycles. The minimum Gasteiger partial charge on any atom is -0.484 e. The molecule has 0 aromatic heterocycles. The third-order valence-electron chi connectivity index (χ3n) is 6.12. The summed E-state index contributed by atoms with van der Waals surface area (Å²) in [5, 5.41) is 0. The van der Waals surface area contributed by atoms with Gasteiger partial charge in [0.05, 0.1) is 0 Å². The topological polar surface area (TPSA) is 32.8 Å². The Hall–Kier alpha value is -1.55. The number of nitrogens with zero attached hydrogens (tertiary/aromatic N) is 2. The quantitative estimate of drug-likeness (QED) is 0.716. The SMILES string of the molecule is CCc1ccc(OCC(=O)N2CCCC[C@H]2CCN2CCCCCC2)cc1. The number of hydrogen-bond donors (Lipinski definition) is 0. The summed E-state index contributed by atoms with van der Waals surface area (Å²) >= 11 is 0. The average Bonchev–Trinajstić information content (AvgIpc) is 3.00. The Kier molecular flexibility index (Phi) is 8.00. The van der Waals surface area contributed by atoms with E-state index in [1.165, 1.54) is 50.8 Å². The normalized spacial score (nSPS) is 21.7. The van der Waals surface area contributed by atoms with Gasteiger partial charge in [0.1, 0.15) is 5.75 Å². The molecule has 2 aliphatic heterocycles. The first kappa shape index (κ1) is 20.2. The molecule has 27 heavy (non-hydrogen) atoms. The molecular formula is C23H36N2O2. The number of rotatable bonds is 7. The van der Waals surface area contributed by atoms with E-state index in [0.29, 0.717) is 6.04 Å². The van der Waals surface area contributed by atoms with Crippen LogP contribution in [0.2, 0.25) is 0 Å². The van der Waals surface area contributed by atoms with Gasteiger partial charge in [-0.05, 0) is 75.7 Å². The van der Waals surface area contributed by atoms with Crippen LogP contribution in [0.15, 0.2) is 24.3 Å². The smallest absolute Gasteiger partial charge is 0.260 e. The van der Waals surface area contributed by atoms with Crippen LogP contribution in [0.4, 0.5) is 0 Å². The summed E-state index contributed by atoms with van der Waals surface area (Å²) in [4.78, 5) is 17.5. The predicted molar refractivity (Wildman–Crippen MR) is 110 cm³/mol. The average molecular weight is 373 g/mol. The second-order valence-electron chi connectivity index (χ2n) is 8.07. The lowest BCUT2D eigenvalue weighted by molar-refractivity contribution is -0.137. The van der Waals surface area contributed by atoms with Crippen molar-refractivity contribution >= 4 is 5.91 Å². The standard InChI is InChI=1S/C23H36N2O2/c1-2-20-10-12-22(13-11-20)27-19-23(26)25-17-8-5-9-21(25)14-18-24-15-6-3-4-7-16-24/h10-13,21H,2-9,14-19H2,1H3/t21-/m0/s1. The monoisotopic (exact) mass is 372 g/mol. The Labute approximate surface area is 164 Å². The molecule has 2 fully saturated rings.